The number of fused-ring (bicyclic) bond motifs is 1. The fourth-order valence-electron chi connectivity index (χ4n) is 3.12. The maximum absolute atomic E-state index is 13.0. The Hall–Kier alpha value is -3.58. The number of carbonyl (C=O) groups excluding carboxylic acids is 1. The number of carbonyl (C=O) groups is 1. The van der Waals surface area contributed by atoms with E-state index in [4.69, 9.17) is 0 Å². The number of nitriles is 1. The lowest BCUT2D eigenvalue weighted by Gasteiger charge is -2.28. The quantitative estimate of drug-likeness (QED) is 0.534. The number of aromatic nitrogens is 4. The van der Waals surface area contributed by atoms with Crippen molar-refractivity contribution in [2.24, 2.45) is 7.05 Å². The van der Waals surface area contributed by atoms with Crippen molar-refractivity contribution >= 4 is 23.1 Å². The fourth-order valence-corrected chi connectivity index (χ4v) is 3.12. The zero-order chi connectivity index (χ0) is 22.8. The Balaban J connectivity index is 2.15. The normalized spacial score (nSPS) is 15.2. The smallest absolute Gasteiger partial charge is 0.432 e. The molecular formula is C18H18F3N7O3. The number of hydrogen-bond donors (Lipinski definition) is 1. The second-order valence-electron chi connectivity index (χ2n) is 6.58. The highest BCUT2D eigenvalue weighted by Gasteiger charge is 2.43. The molecule has 0 bridgehead atoms. The van der Waals surface area contributed by atoms with Crippen molar-refractivity contribution in [3.05, 3.63) is 16.2 Å². The molecule has 0 aliphatic carbocycles. The Morgan fingerprint density at radius 1 is 1.32 bits per heavy atom. The lowest BCUT2D eigenvalue weighted by atomic mass is 10.3. The summed E-state index contributed by atoms with van der Waals surface area (Å²) < 4.78 is 44.4. The fraction of sp³-hybridized carbons (Fsp3) is 0.500. The van der Waals surface area contributed by atoms with Crippen molar-refractivity contribution in [1.29, 1.82) is 5.26 Å². The van der Waals surface area contributed by atoms with Gasteiger partial charge in [0.1, 0.15) is 6.07 Å². The first-order valence-corrected chi connectivity index (χ1v) is 9.18. The first-order valence-electron chi connectivity index (χ1n) is 9.18. The Morgan fingerprint density at radius 2 is 2.00 bits per heavy atom. The van der Waals surface area contributed by atoms with Gasteiger partial charge in [-0.2, -0.15) is 23.4 Å². The molecule has 2 aromatic rings. The third kappa shape index (κ3) is 4.32. The SMILES string of the molecule is CC#CCn1c(N2CCNCC2)nc2nc(C(C#N)OC(=O)C(F)(F)F)n(C)c(=O)c21. The average molecular weight is 437 g/mol. The van der Waals surface area contributed by atoms with Crippen molar-refractivity contribution in [3.63, 3.8) is 0 Å². The molecule has 164 valence electrons. The summed E-state index contributed by atoms with van der Waals surface area (Å²) >= 11 is 0. The molecule has 3 rings (SSSR count). The molecule has 1 fully saturated rings. The van der Waals surface area contributed by atoms with Crippen LogP contribution >= 0.6 is 0 Å². The van der Waals surface area contributed by atoms with Gasteiger partial charge in [-0.05, 0) is 6.92 Å². The number of nitrogens with zero attached hydrogens (tertiary/aromatic N) is 6. The van der Waals surface area contributed by atoms with E-state index in [2.05, 4.69) is 31.9 Å². The van der Waals surface area contributed by atoms with Crippen LogP contribution in [0.5, 0.6) is 0 Å². The van der Waals surface area contributed by atoms with Gasteiger partial charge < -0.3 is 15.0 Å². The highest BCUT2D eigenvalue weighted by molar-refractivity contribution is 5.76. The molecule has 2 aromatic heterocycles. The predicted octanol–water partition coefficient (Wildman–Crippen LogP) is 0.233. The molecule has 0 radical (unpaired) electrons. The van der Waals surface area contributed by atoms with Crippen LogP contribution in [0.2, 0.25) is 0 Å². The Bertz CT molecular complexity index is 1160. The largest absolute Gasteiger partial charge is 0.490 e. The van der Waals surface area contributed by atoms with Crippen LogP contribution in [0, 0.1) is 23.2 Å². The van der Waals surface area contributed by atoms with Crippen molar-refractivity contribution in [2.45, 2.75) is 25.7 Å². The monoisotopic (exact) mass is 437 g/mol. The topological polar surface area (TPSA) is 118 Å². The Labute approximate surface area is 174 Å². The van der Waals surface area contributed by atoms with E-state index in [0.29, 0.717) is 32.1 Å². The minimum Gasteiger partial charge on any atom is -0.432 e. The molecule has 0 saturated carbocycles. The van der Waals surface area contributed by atoms with Gasteiger partial charge in [-0.25, -0.2) is 9.78 Å². The maximum atomic E-state index is 13.0. The van der Waals surface area contributed by atoms with Gasteiger partial charge in [0.2, 0.25) is 12.1 Å². The number of piperazine rings is 1. The van der Waals surface area contributed by atoms with Crippen molar-refractivity contribution < 1.29 is 22.7 Å². The number of imidazole rings is 1. The molecule has 10 nitrogen and oxygen atoms in total. The average Bonchev–Trinajstić information content (AvgIpc) is 3.11. The van der Waals surface area contributed by atoms with E-state index in [1.165, 1.54) is 13.1 Å². The number of hydrogen-bond acceptors (Lipinski definition) is 8. The molecule has 1 N–H and O–H groups in total. The van der Waals surface area contributed by atoms with Gasteiger partial charge in [0.05, 0.1) is 6.54 Å². The Morgan fingerprint density at radius 3 is 2.58 bits per heavy atom. The van der Waals surface area contributed by atoms with E-state index in [9.17, 15) is 28.0 Å². The number of ether oxygens (including phenoxy) is 1. The molecule has 1 unspecified atom stereocenters. The van der Waals surface area contributed by atoms with Gasteiger partial charge in [0.15, 0.2) is 17.0 Å². The van der Waals surface area contributed by atoms with Crippen molar-refractivity contribution in [2.75, 3.05) is 31.1 Å². The summed E-state index contributed by atoms with van der Waals surface area (Å²) in [6, 6.07) is 1.43. The number of nitrogens with one attached hydrogen (secondary N) is 1. The van der Waals surface area contributed by atoms with Gasteiger partial charge in [-0.3, -0.25) is 13.9 Å². The lowest BCUT2D eigenvalue weighted by molar-refractivity contribution is -0.203. The summed E-state index contributed by atoms with van der Waals surface area (Å²) in [5.41, 5.74) is -0.649. The summed E-state index contributed by atoms with van der Waals surface area (Å²) in [6.45, 7) is 4.41. The van der Waals surface area contributed by atoms with Crippen LogP contribution in [0.3, 0.4) is 0 Å². The molecule has 0 aromatic carbocycles. The maximum Gasteiger partial charge on any atom is 0.490 e. The van der Waals surface area contributed by atoms with Gasteiger partial charge in [0, 0.05) is 33.2 Å². The second kappa shape index (κ2) is 8.65. The lowest BCUT2D eigenvalue weighted by Crippen LogP contribution is -2.44. The van der Waals surface area contributed by atoms with Gasteiger partial charge >= 0.3 is 12.1 Å². The third-order valence-corrected chi connectivity index (χ3v) is 4.62. The molecule has 1 aliphatic heterocycles. The van der Waals surface area contributed by atoms with Crippen LogP contribution in [0.4, 0.5) is 19.1 Å². The van der Waals surface area contributed by atoms with E-state index in [0.717, 1.165) is 4.57 Å². The molecule has 31 heavy (non-hydrogen) atoms. The standard InChI is InChI=1S/C18H18F3N7O3/c1-3-4-7-28-12-13(25-17(28)27-8-5-23-6-9-27)24-14(26(2)15(12)29)11(10-22)31-16(30)18(19,20)21/h11,23H,5-9H2,1-2H3. The minimum atomic E-state index is -5.30. The van der Waals surface area contributed by atoms with E-state index >= 15 is 0 Å². The molecule has 1 atom stereocenters. The summed E-state index contributed by atoms with van der Waals surface area (Å²) in [5, 5.41) is 12.5. The molecule has 13 heteroatoms. The van der Waals surface area contributed by atoms with Gasteiger partial charge in [0.25, 0.3) is 5.56 Å². The van der Waals surface area contributed by atoms with Crippen LogP contribution in [0.1, 0.15) is 18.9 Å². The van der Waals surface area contributed by atoms with Crippen LogP contribution in [0.25, 0.3) is 11.2 Å². The third-order valence-electron chi connectivity index (χ3n) is 4.62. The zero-order valence-corrected chi connectivity index (χ0v) is 16.7. The second-order valence-corrected chi connectivity index (χ2v) is 6.58. The van der Waals surface area contributed by atoms with E-state index < -0.39 is 29.6 Å². The Kier molecular flexibility index (Phi) is 6.17. The highest BCUT2D eigenvalue weighted by atomic mass is 19.4. The van der Waals surface area contributed by atoms with Gasteiger partial charge in [-0.15, -0.1) is 5.92 Å². The van der Waals surface area contributed by atoms with Crippen LogP contribution in [0.15, 0.2) is 4.79 Å². The number of esters is 1. The van der Waals surface area contributed by atoms with E-state index in [-0.39, 0.29) is 17.7 Å². The molecular weight excluding hydrogens is 419 g/mol. The van der Waals surface area contributed by atoms with Crippen molar-refractivity contribution in [3.8, 4) is 17.9 Å². The number of anilines is 1. The molecule has 3 heterocycles. The van der Waals surface area contributed by atoms with Crippen LogP contribution in [-0.4, -0.2) is 57.4 Å². The summed E-state index contributed by atoms with van der Waals surface area (Å²) in [5.74, 6) is 3.02. The van der Waals surface area contributed by atoms with E-state index in [1.54, 1.807) is 11.5 Å². The number of alkyl halides is 3. The first kappa shape index (κ1) is 22.1. The highest BCUT2D eigenvalue weighted by Crippen LogP contribution is 2.25. The van der Waals surface area contributed by atoms with Gasteiger partial charge in [-0.1, -0.05) is 5.92 Å². The zero-order valence-electron chi connectivity index (χ0n) is 16.7. The predicted molar refractivity (Wildman–Crippen MR) is 102 cm³/mol. The van der Waals surface area contributed by atoms with Crippen molar-refractivity contribution in [1.82, 2.24) is 24.4 Å². The summed E-state index contributed by atoms with van der Waals surface area (Å²) in [6.07, 6.45) is -7.34. The minimum absolute atomic E-state index is 0.0761. The molecule has 0 spiro atoms. The molecule has 1 saturated heterocycles. The van der Waals surface area contributed by atoms with E-state index in [1.807, 2.05) is 4.90 Å². The number of rotatable bonds is 4. The number of halogens is 3. The van der Waals surface area contributed by atoms with Crippen LogP contribution < -0.4 is 15.8 Å². The first-order chi connectivity index (χ1) is 14.7. The molecule has 1 aliphatic rings. The summed E-state index contributed by atoms with van der Waals surface area (Å²) in [4.78, 5) is 34.7. The summed E-state index contributed by atoms with van der Waals surface area (Å²) in [7, 11) is 1.23. The molecule has 0 amide bonds. The van der Waals surface area contributed by atoms with Crippen LogP contribution in [-0.2, 0) is 23.1 Å².